The molecule has 0 bridgehead atoms. The lowest BCUT2D eigenvalue weighted by molar-refractivity contribution is -0.384. The number of nitro benzene ring substituents is 1. The van der Waals surface area contributed by atoms with Crippen molar-refractivity contribution in [2.75, 3.05) is 13.1 Å². The number of nitro groups is 1. The minimum absolute atomic E-state index is 0.0987. The molecule has 2 amide bonds. The summed E-state index contributed by atoms with van der Waals surface area (Å²) < 4.78 is 4.97. The Morgan fingerprint density at radius 2 is 1.62 bits per heavy atom. The van der Waals surface area contributed by atoms with E-state index in [2.05, 4.69) is 20.8 Å². The smallest absolute Gasteiger partial charge is 0.316 e. The van der Waals surface area contributed by atoms with Gasteiger partial charge in [0.1, 0.15) is 0 Å². The number of carbonyl (C=O) groups excluding carboxylic acids is 2. The van der Waals surface area contributed by atoms with Crippen molar-refractivity contribution in [3.63, 3.8) is 0 Å². The maximum atomic E-state index is 12.1. The van der Waals surface area contributed by atoms with Crippen molar-refractivity contribution < 1.29 is 19.0 Å². The number of aryl methyl sites for hydroxylation is 1. The molecule has 0 saturated carbocycles. The van der Waals surface area contributed by atoms with Crippen LogP contribution in [0.3, 0.4) is 0 Å². The van der Waals surface area contributed by atoms with E-state index in [0.717, 1.165) is 11.1 Å². The van der Waals surface area contributed by atoms with E-state index in [-0.39, 0.29) is 30.2 Å². The summed E-state index contributed by atoms with van der Waals surface area (Å²) in [6.07, 6.45) is 0. The highest BCUT2D eigenvalue weighted by molar-refractivity contribution is 5.94. The van der Waals surface area contributed by atoms with Gasteiger partial charge in [-0.2, -0.15) is 4.98 Å². The average molecular weight is 395 g/mol. The third-order valence-electron chi connectivity index (χ3n) is 3.97. The van der Waals surface area contributed by atoms with Gasteiger partial charge in [0.25, 0.3) is 11.6 Å². The Kier molecular flexibility index (Phi) is 5.93. The molecule has 10 heteroatoms. The summed E-state index contributed by atoms with van der Waals surface area (Å²) in [5.41, 5.74) is 2.00. The fourth-order valence-electron chi connectivity index (χ4n) is 2.40. The van der Waals surface area contributed by atoms with Gasteiger partial charge >= 0.3 is 11.8 Å². The third kappa shape index (κ3) is 5.01. The van der Waals surface area contributed by atoms with E-state index in [1.807, 2.05) is 31.2 Å². The number of amides is 2. The number of benzene rings is 2. The molecular formula is C19H17N5O5. The molecule has 3 rings (SSSR count). The van der Waals surface area contributed by atoms with Gasteiger partial charge in [0, 0.05) is 36.3 Å². The number of nitrogens with zero attached hydrogens (tertiary/aromatic N) is 3. The first-order valence-corrected chi connectivity index (χ1v) is 8.65. The molecule has 148 valence electrons. The molecule has 10 nitrogen and oxygen atoms in total. The Hall–Kier alpha value is -4.08. The van der Waals surface area contributed by atoms with Crippen LogP contribution in [-0.2, 0) is 0 Å². The van der Waals surface area contributed by atoms with Gasteiger partial charge in [-0.05, 0) is 19.1 Å². The van der Waals surface area contributed by atoms with Crippen molar-refractivity contribution in [3.05, 3.63) is 75.7 Å². The van der Waals surface area contributed by atoms with Gasteiger partial charge < -0.3 is 15.2 Å². The quantitative estimate of drug-likeness (QED) is 0.355. The fourth-order valence-corrected chi connectivity index (χ4v) is 2.40. The zero-order valence-corrected chi connectivity index (χ0v) is 15.4. The zero-order valence-electron chi connectivity index (χ0n) is 15.4. The topological polar surface area (TPSA) is 140 Å². The molecule has 0 saturated heterocycles. The van der Waals surface area contributed by atoms with Gasteiger partial charge in [-0.3, -0.25) is 19.7 Å². The van der Waals surface area contributed by atoms with Gasteiger partial charge in [-0.1, -0.05) is 35.0 Å². The van der Waals surface area contributed by atoms with Crippen molar-refractivity contribution >= 4 is 17.5 Å². The lowest BCUT2D eigenvalue weighted by atomic mass is 10.1. The molecule has 0 atom stereocenters. The van der Waals surface area contributed by atoms with Crippen LogP contribution in [0.1, 0.15) is 26.6 Å². The highest BCUT2D eigenvalue weighted by Crippen LogP contribution is 2.16. The highest BCUT2D eigenvalue weighted by atomic mass is 16.6. The van der Waals surface area contributed by atoms with Gasteiger partial charge in [0.05, 0.1) is 4.92 Å². The summed E-state index contributed by atoms with van der Waals surface area (Å²) in [5.74, 6) is -0.835. The second-order valence-corrected chi connectivity index (χ2v) is 6.10. The number of hydrogen-bond donors (Lipinski definition) is 2. The first-order chi connectivity index (χ1) is 13.9. The zero-order chi connectivity index (χ0) is 20.8. The van der Waals surface area contributed by atoms with E-state index < -0.39 is 16.7 Å². The Balaban J connectivity index is 1.47. The van der Waals surface area contributed by atoms with E-state index in [9.17, 15) is 19.7 Å². The van der Waals surface area contributed by atoms with Gasteiger partial charge in [0.15, 0.2) is 0 Å². The maximum absolute atomic E-state index is 12.1. The Morgan fingerprint density at radius 1 is 1.00 bits per heavy atom. The van der Waals surface area contributed by atoms with E-state index in [1.165, 1.54) is 24.3 Å². The van der Waals surface area contributed by atoms with E-state index >= 15 is 0 Å². The largest absolute Gasteiger partial charge is 0.350 e. The molecule has 1 heterocycles. The average Bonchev–Trinajstić information content (AvgIpc) is 3.22. The van der Waals surface area contributed by atoms with E-state index in [1.54, 1.807) is 0 Å². The number of hydrogen-bond acceptors (Lipinski definition) is 7. The second-order valence-electron chi connectivity index (χ2n) is 6.10. The number of carbonyl (C=O) groups is 2. The fraction of sp³-hybridized carbons (Fsp3) is 0.158. The van der Waals surface area contributed by atoms with Crippen molar-refractivity contribution in [2.24, 2.45) is 0 Å². The number of aromatic nitrogens is 2. The van der Waals surface area contributed by atoms with E-state index in [0.29, 0.717) is 5.82 Å². The van der Waals surface area contributed by atoms with Gasteiger partial charge in [-0.25, -0.2) is 0 Å². The normalized spacial score (nSPS) is 10.4. The minimum Gasteiger partial charge on any atom is -0.350 e. The molecule has 3 aromatic rings. The highest BCUT2D eigenvalue weighted by Gasteiger charge is 2.16. The van der Waals surface area contributed by atoms with Gasteiger partial charge in [-0.15, -0.1) is 0 Å². The summed E-state index contributed by atoms with van der Waals surface area (Å²) >= 11 is 0. The SMILES string of the molecule is Cc1ccc(-c2noc(C(=O)NCCNC(=O)c3ccc([N+](=O)[O-])cc3)n2)cc1. The van der Waals surface area contributed by atoms with Gasteiger partial charge in [0.2, 0.25) is 5.82 Å². The van der Waals surface area contributed by atoms with Crippen molar-refractivity contribution in [2.45, 2.75) is 6.92 Å². The summed E-state index contributed by atoms with van der Waals surface area (Å²) in [7, 11) is 0. The van der Waals surface area contributed by atoms with Crippen LogP contribution in [0.15, 0.2) is 53.1 Å². The number of rotatable bonds is 7. The molecule has 0 aliphatic heterocycles. The van der Waals surface area contributed by atoms with Crippen LogP contribution < -0.4 is 10.6 Å². The lowest BCUT2D eigenvalue weighted by Gasteiger charge is -2.05. The molecule has 0 radical (unpaired) electrons. The van der Waals surface area contributed by atoms with Crippen molar-refractivity contribution in [1.29, 1.82) is 0 Å². The molecule has 0 aliphatic rings. The molecule has 29 heavy (non-hydrogen) atoms. The number of non-ortho nitro benzene ring substituents is 1. The van der Waals surface area contributed by atoms with Crippen LogP contribution in [0.5, 0.6) is 0 Å². The summed E-state index contributed by atoms with van der Waals surface area (Å²) in [6, 6.07) is 12.7. The predicted octanol–water partition coefficient (Wildman–Crippen LogP) is 2.11. The molecule has 0 aliphatic carbocycles. The molecule has 0 fully saturated rings. The van der Waals surface area contributed by atoms with Crippen LogP contribution in [0, 0.1) is 17.0 Å². The summed E-state index contributed by atoms with van der Waals surface area (Å²) in [4.78, 5) is 38.2. The maximum Gasteiger partial charge on any atom is 0.316 e. The second kappa shape index (κ2) is 8.74. The predicted molar refractivity (Wildman–Crippen MR) is 102 cm³/mol. The monoisotopic (exact) mass is 395 g/mol. The van der Waals surface area contributed by atoms with Crippen LogP contribution in [-0.4, -0.2) is 40.0 Å². The van der Waals surface area contributed by atoms with Crippen molar-refractivity contribution in [3.8, 4) is 11.4 Å². The Morgan fingerprint density at radius 3 is 2.24 bits per heavy atom. The molecular weight excluding hydrogens is 378 g/mol. The van der Waals surface area contributed by atoms with Crippen LogP contribution in [0.2, 0.25) is 0 Å². The summed E-state index contributed by atoms with van der Waals surface area (Å²) in [5, 5.41) is 19.6. The Labute approximate surface area is 165 Å². The molecule has 2 aromatic carbocycles. The summed E-state index contributed by atoms with van der Waals surface area (Å²) in [6.45, 7) is 2.25. The molecule has 0 unspecified atom stereocenters. The van der Waals surface area contributed by atoms with Crippen LogP contribution in [0.25, 0.3) is 11.4 Å². The van der Waals surface area contributed by atoms with Crippen LogP contribution in [0.4, 0.5) is 5.69 Å². The van der Waals surface area contributed by atoms with Crippen molar-refractivity contribution in [1.82, 2.24) is 20.8 Å². The molecule has 1 aromatic heterocycles. The Bertz CT molecular complexity index is 1030. The molecule has 2 N–H and O–H groups in total. The lowest BCUT2D eigenvalue weighted by Crippen LogP contribution is -2.34. The minimum atomic E-state index is -0.555. The standard InChI is InChI=1S/C19H17N5O5/c1-12-2-4-13(5-3-12)16-22-19(29-23-16)18(26)21-11-10-20-17(25)14-6-8-15(9-7-14)24(27)28/h2-9H,10-11H2,1H3,(H,20,25)(H,21,26). The third-order valence-corrected chi connectivity index (χ3v) is 3.97. The van der Waals surface area contributed by atoms with Crippen LogP contribution >= 0.6 is 0 Å². The van der Waals surface area contributed by atoms with E-state index in [4.69, 9.17) is 4.52 Å². The first-order valence-electron chi connectivity index (χ1n) is 8.65. The first kappa shape index (κ1) is 19.7. The number of nitrogens with one attached hydrogen (secondary N) is 2. The molecule has 0 spiro atoms.